The predicted molar refractivity (Wildman–Crippen MR) is 123 cm³/mol. The average Bonchev–Trinajstić information content (AvgIpc) is 3.02. The van der Waals surface area contributed by atoms with Crippen LogP contribution in [-0.2, 0) is 4.74 Å². The molecular formula is C25H28FN3O4. The van der Waals surface area contributed by atoms with E-state index in [0.717, 1.165) is 17.7 Å². The van der Waals surface area contributed by atoms with E-state index in [0.29, 0.717) is 30.8 Å². The van der Waals surface area contributed by atoms with E-state index in [9.17, 15) is 18.8 Å². The Bertz CT molecular complexity index is 1050. The maximum Gasteiger partial charge on any atom is 0.410 e. The highest BCUT2D eigenvalue weighted by Gasteiger charge is 2.38. The molecule has 0 aliphatic carbocycles. The largest absolute Gasteiger partial charge is 0.444 e. The number of piperidine rings is 1. The number of carbonyl (C=O) groups is 3. The molecule has 2 heterocycles. The van der Waals surface area contributed by atoms with Crippen molar-refractivity contribution in [3.8, 4) is 0 Å². The molecule has 1 N–H and O–H groups in total. The van der Waals surface area contributed by atoms with Crippen LogP contribution in [-0.4, -0.2) is 48.0 Å². The summed E-state index contributed by atoms with van der Waals surface area (Å²) in [5.41, 5.74) is 0.411. The number of anilines is 2. The number of hydrogen-bond donors (Lipinski definition) is 1. The molecule has 0 unspecified atom stereocenters. The van der Waals surface area contributed by atoms with E-state index in [1.165, 1.54) is 12.1 Å². The second-order valence-corrected chi connectivity index (χ2v) is 9.42. The fraction of sp³-hybridized carbons (Fsp3) is 0.400. The van der Waals surface area contributed by atoms with E-state index in [-0.39, 0.29) is 23.4 Å². The van der Waals surface area contributed by atoms with Crippen molar-refractivity contribution in [3.63, 3.8) is 0 Å². The summed E-state index contributed by atoms with van der Waals surface area (Å²) in [7, 11) is 0. The standard InChI is InChI=1S/C25H28FN3O4/c1-25(2,3)33-24(32)28-13-11-16(12-14-28)15-27-21-19(26)9-6-10-20(21)29-22(30)17-7-4-5-8-18(17)23(29)31/h4-10,16,27H,11-15H2,1-3H3. The summed E-state index contributed by atoms with van der Waals surface area (Å²) in [4.78, 5) is 40.7. The SMILES string of the molecule is CC(C)(C)OC(=O)N1CCC(CNc2c(F)cccc2N2C(=O)c3ccccc3C2=O)CC1. The Morgan fingerprint density at radius 1 is 1.03 bits per heavy atom. The van der Waals surface area contributed by atoms with Crippen LogP contribution >= 0.6 is 0 Å². The van der Waals surface area contributed by atoms with E-state index in [2.05, 4.69) is 5.32 Å². The van der Waals surface area contributed by atoms with Gasteiger partial charge in [-0.1, -0.05) is 18.2 Å². The molecule has 2 aliphatic rings. The van der Waals surface area contributed by atoms with Crippen molar-refractivity contribution >= 4 is 29.3 Å². The summed E-state index contributed by atoms with van der Waals surface area (Å²) < 4.78 is 20.2. The topological polar surface area (TPSA) is 79.0 Å². The van der Waals surface area contributed by atoms with Crippen molar-refractivity contribution in [1.82, 2.24) is 4.90 Å². The van der Waals surface area contributed by atoms with Crippen LogP contribution in [0.3, 0.4) is 0 Å². The molecule has 8 heteroatoms. The zero-order valence-corrected chi connectivity index (χ0v) is 19.1. The molecule has 4 rings (SSSR count). The maximum atomic E-state index is 14.8. The van der Waals surface area contributed by atoms with Crippen molar-refractivity contribution in [2.75, 3.05) is 29.9 Å². The predicted octanol–water partition coefficient (Wildman–Crippen LogP) is 4.69. The molecule has 1 fully saturated rings. The molecule has 1 saturated heterocycles. The third-order valence-corrected chi connectivity index (χ3v) is 5.86. The molecule has 2 aromatic carbocycles. The molecule has 0 radical (unpaired) electrons. The quantitative estimate of drug-likeness (QED) is 0.680. The summed E-state index contributed by atoms with van der Waals surface area (Å²) in [5, 5.41) is 3.12. The fourth-order valence-corrected chi connectivity index (χ4v) is 4.17. The lowest BCUT2D eigenvalue weighted by atomic mass is 9.97. The van der Waals surface area contributed by atoms with Gasteiger partial charge in [0.25, 0.3) is 11.8 Å². The zero-order chi connectivity index (χ0) is 23.8. The van der Waals surface area contributed by atoms with Crippen molar-refractivity contribution in [2.24, 2.45) is 5.92 Å². The zero-order valence-electron chi connectivity index (χ0n) is 19.1. The number of ether oxygens (including phenoxy) is 1. The van der Waals surface area contributed by atoms with Crippen LogP contribution in [0.25, 0.3) is 0 Å². The summed E-state index contributed by atoms with van der Waals surface area (Å²) in [6.45, 7) is 7.08. The number of nitrogens with zero attached hydrogens (tertiary/aromatic N) is 2. The van der Waals surface area contributed by atoms with Gasteiger partial charge in [0.2, 0.25) is 0 Å². The van der Waals surface area contributed by atoms with E-state index in [4.69, 9.17) is 4.74 Å². The lowest BCUT2D eigenvalue weighted by Crippen LogP contribution is -2.42. The highest BCUT2D eigenvalue weighted by molar-refractivity contribution is 6.35. The number of imide groups is 1. The van der Waals surface area contributed by atoms with Gasteiger partial charge in [-0.15, -0.1) is 0 Å². The lowest BCUT2D eigenvalue weighted by molar-refractivity contribution is 0.0188. The van der Waals surface area contributed by atoms with Gasteiger partial charge in [0.05, 0.1) is 22.5 Å². The molecule has 2 aliphatic heterocycles. The van der Waals surface area contributed by atoms with E-state index >= 15 is 0 Å². The first-order valence-electron chi connectivity index (χ1n) is 11.1. The molecule has 174 valence electrons. The number of fused-ring (bicyclic) bond motifs is 1. The molecule has 0 bridgehead atoms. The van der Waals surface area contributed by atoms with Gasteiger partial charge < -0.3 is 15.0 Å². The number of amides is 3. The monoisotopic (exact) mass is 453 g/mol. The lowest BCUT2D eigenvalue weighted by Gasteiger charge is -2.33. The van der Waals surface area contributed by atoms with Gasteiger partial charge in [-0.2, -0.15) is 0 Å². The van der Waals surface area contributed by atoms with Crippen molar-refractivity contribution in [1.29, 1.82) is 0 Å². The van der Waals surface area contributed by atoms with E-state index in [1.807, 2.05) is 20.8 Å². The maximum absolute atomic E-state index is 14.8. The highest BCUT2D eigenvalue weighted by Crippen LogP contribution is 2.35. The molecule has 3 amide bonds. The third-order valence-electron chi connectivity index (χ3n) is 5.86. The first-order chi connectivity index (χ1) is 15.7. The number of benzene rings is 2. The summed E-state index contributed by atoms with van der Waals surface area (Å²) in [6.07, 6.45) is 1.16. The van der Waals surface area contributed by atoms with Crippen LogP contribution in [0.15, 0.2) is 42.5 Å². The third kappa shape index (κ3) is 4.69. The van der Waals surface area contributed by atoms with Gasteiger partial charge in [0.1, 0.15) is 11.4 Å². The van der Waals surface area contributed by atoms with Crippen LogP contribution in [0.2, 0.25) is 0 Å². The van der Waals surface area contributed by atoms with Crippen molar-refractivity contribution in [3.05, 3.63) is 59.4 Å². The molecule has 2 aromatic rings. The Morgan fingerprint density at radius 2 is 1.64 bits per heavy atom. The van der Waals surface area contributed by atoms with Crippen molar-refractivity contribution in [2.45, 2.75) is 39.2 Å². The number of carbonyl (C=O) groups excluding carboxylic acids is 3. The normalized spacial score (nSPS) is 16.7. The number of halogens is 1. The van der Waals surface area contributed by atoms with Gasteiger partial charge in [0, 0.05) is 19.6 Å². The van der Waals surface area contributed by atoms with E-state index in [1.54, 1.807) is 35.2 Å². The second kappa shape index (κ2) is 8.84. The highest BCUT2D eigenvalue weighted by atomic mass is 19.1. The summed E-state index contributed by atoms with van der Waals surface area (Å²) in [6, 6.07) is 10.9. The smallest absolute Gasteiger partial charge is 0.410 e. The Hall–Kier alpha value is -3.42. The summed E-state index contributed by atoms with van der Waals surface area (Å²) in [5.74, 6) is -1.25. The number of hydrogen-bond acceptors (Lipinski definition) is 5. The van der Waals surface area contributed by atoms with Crippen LogP contribution in [0.1, 0.15) is 54.3 Å². The molecule has 33 heavy (non-hydrogen) atoms. The van der Waals surface area contributed by atoms with Crippen LogP contribution in [0.5, 0.6) is 0 Å². The van der Waals surface area contributed by atoms with Crippen LogP contribution in [0.4, 0.5) is 20.6 Å². The second-order valence-electron chi connectivity index (χ2n) is 9.42. The fourth-order valence-electron chi connectivity index (χ4n) is 4.17. The molecule has 0 atom stereocenters. The molecule has 0 aromatic heterocycles. The first kappa shape index (κ1) is 22.8. The molecule has 7 nitrogen and oxygen atoms in total. The minimum Gasteiger partial charge on any atom is -0.444 e. The molecule has 0 spiro atoms. The van der Waals surface area contributed by atoms with Gasteiger partial charge >= 0.3 is 6.09 Å². The van der Waals surface area contributed by atoms with Gasteiger partial charge in [-0.05, 0) is 63.8 Å². The number of nitrogens with one attached hydrogen (secondary N) is 1. The molecule has 0 saturated carbocycles. The summed E-state index contributed by atoms with van der Waals surface area (Å²) >= 11 is 0. The number of para-hydroxylation sites is 1. The minimum atomic E-state index is -0.541. The van der Waals surface area contributed by atoms with Gasteiger partial charge in [-0.3, -0.25) is 9.59 Å². The van der Waals surface area contributed by atoms with E-state index < -0.39 is 23.2 Å². The Kier molecular flexibility index (Phi) is 6.10. The van der Waals surface area contributed by atoms with Crippen molar-refractivity contribution < 1.29 is 23.5 Å². The van der Waals surface area contributed by atoms with Gasteiger partial charge in [-0.25, -0.2) is 14.1 Å². The average molecular weight is 454 g/mol. The number of rotatable bonds is 4. The minimum absolute atomic E-state index is 0.126. The van der Waals surface area contributed by atoms with Crippen LogP contribution in [0, 0.1) is 11.7 Å². The molecular weight excluding hydrogens is 425 g/mol. The van der Waals surface area contributed by atoms with Gasteiger partial charge in [0.15, 0.2) is 0 Å². The Balaban J connectivity index is 1.43. The van der Waals surface area contributed by atoms with Crippen LogP contribution < -0.4 is 10.2 Å². The Labute approximate surface area is 192 Å². The number of likely N-dealkylation sites (tertiary alicyclic amines) is 1. The Morgan fingerprint density at radius 3 is 2.21 bits per heavy atom. The first-order valence-corrected chi connectivity index (χ1v) is 11.1.